The number of nitrogens with one attached hydrogen (secondary N) is 1. The minimum absolute atomic E-state index is 0.0135. The van der Waals surface area contributed by atoms with Gasteiger partial charge in [-0.2, -0.15) is 0 Å². The smallest absolute Gasteiger partial charge is 0.253 e. The molecule has 152 valence electrons. The summed E-state index contributed by atoms with van der Waals surface area (Å²) in [5.41, 5.74) is 4.74. The average molecular weight is 391 g/mol. The summed E-state index contributed by atoms with van der Waals surface area (Å²) in [6.07, 6.45) is 3.27. The fourth-order valence-corrected chi connectivity index (χ4v) is 3.52. The summed E-state index contributed by atoms with van der Waals surface area (Å²) < 4.78 is 7.72. The monoisotopic (exact) mass is 390 g/mol. The van der Waals surface area contributed by atoms with E-state index in [1.54, 1.807) is 0 Å². The summed E-state index contributed by atoms with van der Waals surface area (Å²) in [7, 11) is 0. The number of aromatic nitrogens is 1. The Labute approximate surface area is 173 Å². The van der Waals surface area contributed by atoms with E-state index in [-0.39, 0.29) is 5.91 Å². The average Bonchev–Trinajstić information content (AvgIpc) is 3.10. The predicted octanol–water partition coefficient (Wildman–Crippen LogP) is 5.77. The number of benzene rings is 2. The number of nitrogens with zero attached hydrogens (tertiary/aromatic N) is 1. The lowest BCUT2D eigenvalue weighted by Crippen LogP contribution is -2.24. The van der Waals surface area contributed by atoms with Gasteiger partial charge >= 0.3 is 0 Å². The standard InChI is InChI=1S/C25H30N2O2/c1-4-6-10-17-26-25(28)23-18-24(20-11-8-7-9-12-20)27(19(23)3)21-13-15-22(16-14-21)29-5-2/h7-9,11-16,18H,4-6,10,17H2,1-3H3,(H,26,28). The van der Waals surface area contributed by atoms with E-state index in [0.717, 1.165) is 47.7 Å². The predicted molar refractivity (Wildman–Crippen MR) is 119 cm³/mol. The van der Waals surface area contributed by atoms with E-state index in [9.17, 15) is 4.79 Å². The van der Waals surface area contributed by atoms with Gasteiger partial charge in [-0.1, -0.05) is 50.1 Å². The van der Waals surface area contributed by atoms with Gasteiger partial charge in [0.15, 0.2) is 0 Å². The van der Waals surface area contributed by atoms with Crippen LogP contribution in [-0.2, 0) is 0 Å². The van der Waals surface area contributed by atoms with Crippen molar-refractivity contribution in [3.63, 3.8) is 0 Å². The number of amides is 1. The second-order valence-electron chi connectivity index (χ2n) is 7.12. The minimum Gasteiger partial charge on any atom is -0.494 e. The van der Waals surface area contributed by atoms with Crippen molar-refractivity contribution in [2.75, 3.05) is 13.2 Å². The molecule has 4 heteroatoms. The summed E-state index contributed by atoms with van der Waals surface area (Å²) in [6, 6.07) is 20.2. The van der Waals surface area contributed by atoms with Gasteiger partial charge in [-0.05, 0) is 56.2 Å². The first-order chi connectivity index (χ1) is 14.2. The highest BCUT2D eigenvalue weighted by Gasteiger charge is 2.19. The highest BCUT2D eigenvalue weighted by atomic mass is 16.5. The summed E-state index contributed by atoms with van der Waals surface area (Å²) >= 11 is 0. The van der Waals surface area contributed by atoms with Gasteiger partial charge in [-0.15, -0.1) is 0 Å². The lowest BCUT2D eigenvalue weighted by molar-refractivity contribution is 0.0952. The van der Waals surface area contributed by atoms with E-state index < -0.39 is 0 Å². The molecular weight excluding hydrogens is 360 g/mol. The van der Waals surface area contributed by atoms with Gasteiger partial charge in [-0.3, -0.25) is 4.79 Å². The lowest BCUT2D eigenvalue weighted by Gasteiger charge is -2.13. The molecule has 29 heavy (non-hydrogen) atoms. The molecule has 0 aliphatic heterocycles. The summed E-state index contributed by atoms with van der Waals surface area (Å²) in [5, 5.41) is 3.07. The van der Waals surface area contributed by atoms with E-state index in [1.165, 1.54) is 0 Å². The molecule has 3 rings (SSSR count). The summed E-state index contributed by atoms with van der Waals surface area (Å²) in [5.74, 6) is 0.830. The second-order valence-corrected chi connectivity index (χ2v) is 7.12. The third-order valence-corrected chi connectivity index (χ3v) is 5.03. The van der Waals surface area contributed by atoms with Crippen molar-refractivity contribution < 1.29 is 9.53 Å². The van der Waals surface area contributed by atoms with E-state index in [1.807, 2.05) is 62.4 Å². The van der Waals surface area contributed by atoms with Gasteiger partial charge in [0, 0.05) is 17.9 Å². The maximum absolute atomic E-state index is 12.9. The number of ether oxygens (including phenoxy) is 1. The third kappa shape index (κ3) is 4.89. The molecule has 1 amide bonds. The van der Waals surface area contributed by atoms with Crippen LogP contribution in [0, 0.1) is 6.92 Å². The van der Waals surface area contributed by atoms with Crippen molar-refractivity contribution in [3.05, 3.63) is 71.9 Å². The molecular formula is C25H30N2O2. The molecule has 0 aliphatic rings. The maximum atomic E-state index is 12.9. The highest BCUT2D eigenvalue weighted by molar-refractivity contribution is 5.97. The van der Waals surface area contributed by atoms with E-state index in [4.69, 9.17) is 4.74 Å². The highest BCUT2D eigenvalue weighted by Crippen LogP contribution is 2.30. The first kappa shape index (κ1) is 20.7. The fourth-order valence-electron chi connectivity index (χ4n) is 3.52. The van der Waals surface area contributed by atoms with Crippen LogP contribution in [0.5, 0.6) is 5.75 Å². The second kappa shape index (κ2) is 9.97. The fraction of sp³-hybridized carbons (Fsp3) is 0.320. The Bertz CT molecular complexity index is 927. The molecule has 0 atom stereocenters. The quantitative estimate of drug-likeness (QED) is 0.471. The first-order valence-electron chi connectivity index (χ1n) is 10.4. The number of carbonyl (C=O) groups is 1. The van der Waals surface area contributed by atoms with Gasteiger partial charge in [0.05, 0.1) is 17.9 Å². The largest absolute Gasteiger partial charge is 0.494 e. The van der Waals surface area contributed by atoms with E-state index in [2.05, 4.69) is 28.9 Å². The maximum Gasteiger partial charge on any atom is 0.253 e. The molecule has 1 N–H and O–H groups in total. The molecule has 4 nitrogen and oxygen atoms in total. The van der Waals surface area contributed by atoms with Crippen molar-refractivity contribution >= 4 is 5.91 Å². The normalized spacial score (nSPS) is 10.7. The van der Waals surface area contributed by atoms with Gasteiger partial charge < -0.3 is 14.6 Å². The summed E-state index contributed by atoms with van der Waals surface area (Å²) in [4.78, 5) is 12.9. The molecule has 2 aromatic carbocycles. The van der Waals surface area contributed by atoms with Crippen LogP contribution < -0.4 is 10.1 Å². The molecule has 0 radical (unpaired) electrons. The van der Waals surface area contributed by atoms with Crippen molar-refractivity contribution in [1.29, 1.82) is 0 Å². The van der Waals surface area contributed by atoms with Crippen LogP contribution in [0.25, 0.3) is 16.9 Å². The van der Waals surface area contributed by atoms with Crippen LogP contribution in [-0.4, -0.2) is 23.6 Å². The zero-order valence-corrected chi connectivity index (χ0v) is 17.6. The van der Waals surface area contributed by atoms with Gasteiger partial charge in [0.2, 0.25) is 0 Å². The van der Waals surface area contributed by atoms with Gasteiger partial charge in [-0.25, -0.2) is 0 Å². The van der Waals surface area contributed by atoms with Crippen molar-refractivity contribution in [2.45, 2.75) is 40.0 Å². The Hall–Kier alpha value is -3.01. The molecule has 0 aliphatic carbocycles. The Kier molecular flexibility index (Phi) is 7.12. The number of rotatable bonds is 9. The van der Waals surface area contributed by atoms with Crippen molar-refractivity contribution in [2.24, 2.45) is 0 Å². The van der Waals surface area contributed by atoms with Crippen LogP contribution in [0.3, 0.4) is 0 Å². The molecule has 0 saturated heterocycles. The zero-order chi connectivity index (χ0) is 20.6. The van der Waals surface area contributed by atoms with Crippen molar-refractivity contribution in [3.8, 4) is 22.7 Å². The Morgan fingerprint density at radius 1 is 1.00 bits per heavy atom. The Morgan fingerprint density at radius 3 is 2.38 bits per heavy atom. The molecule has 0 saturated carbocycles. The Balaban J connectivity index is 1.99. The Morgan fingerprint density at radius 2 is 1.72 bits per heavy atom. The van der Waals surface area contributed by atoms with Crippen LogP contribution in [0.4, 0.5) is 0 Å². The molecule has 0 spiro atoms. The van der Waals surface area contributed by atoms with Crippen LogP contribution in [0.2, 0.25) is 0 Å². The van der Waals surface area contributed by atoms with Gasteiger partial charge in [0.1, 0.15) is 5.75 Å². The molecule has 1 aromatic heterocycles. The van der Waals surface area contributed by atoms with Crippen LogP contribution in [0.1, 0.15) is 49.2 Å². The van der Waals surface area contributed by atoms with Crippen LogP contribution in [0.15, 0.2) is 60.7 Å². The molecule has 0 unspecified atom stereocenters. The third-order valence-electron chi connectivity index (χ3n) is 5.03. The van der Waals surface area contributed by atoms with Crippen LogP contribution >= 0.6 is 0 Å². The first-order valence-corrected chi connectivity index (χ1v) is 10.4. The SMILES string of the molecule is CCCCCNC(=O)c1cc(-c2ccccc2)n(-c2ccc(OCC)cc2)c1C. The van der Waals surface area contributed by atoms with Crippen molar-refractivity contribution in [1.82, 2.24) is 9.88 Å². The van der Waals surface area contributed by atoms with E-state index in [0.29, 0.717) is 18.7 Å². The zero-order valence-electron chi connectivity index (χ0n) is 17.6. The minimum atomic E-state index is -0.0135. The van der Waals surface area contributed by atoms with E-state index >= 15 is 0 Å². The number of unbranched alkanes of at least 4 members (excludes halogenated alkanes) is 2. The molecule has 1 heterocycles. The number of hydrogen-bond donors (Lipinski definition) is 1. The lowest BCUT2D eigenvalue weighted by atomic mass is 10.1. The molecule has 0 bridgehead atoms. The number of hydrogen-bond acceptors (Lipinski definition) is 2. The molecule has 0 fully saturated rings. The summed E-state index contributed by atoms with van der Waals surface area (Å²) in [6.45, 7) is 7.49. The topological polar surface area (TPSA) is 43.3 Å². The number of carbonyl (C=O) groups excluding carboxylic acids is 1. The van der Waals surface area contributed by atoms with Gasteiger partial charge in [0.25, 0.3) is 5.91 Å². The molecule has 3 aromatic rings.